The highest BCUT2D eigenvalue weighted by Crippen LogP contribution is 2.31. The van der Waals surface area contributed by atoms with Crippen LogP contribution in [0.2, 0.25) is 0 Å². The molecule has 1 unspecified atom stereocenters. The molecule has 0 radical (unpaired) electrons. The zero-order valence-corrected chi connectivity index (χ0v) is 18.6. The number of benzene rings is 1. The van der Waals surface area contributed by atoms with Gasteiger partial charge in [-0.3, -0.25) is 19.2 Å². The van der Waals surface area contributed by atoms with Crippen LogP contribution in [0.4, 0.5) is 0 Å². The number of esters is 2. The summed E-state index contributed by atoms with van der Waals surface area (Å²) in [6.07, 6.45) is 3.38. The van der Waals surface area contributed by atoms with E-state index in [2.05, 4.69) is 0 Å². The minimum Gasteiger partial charge on any atom is -0.462 e. The summed E-state index contributed by atoms with van der Waals surface area (Å²) in [6, 6.07) is 3.83. The predicted molar refractivity (Wildman–Crippen MR) is 113 cm³/mol. The maximum atomic E-state index is 12.9. The first-order valence-corrected chi connectivity index (χ1v) is 10.2. The minimum atomic E-state index is -0.954. The van der Waals surface area contributed by atoms with E-state index in [9.17, 15) is 19.2 Å². The van der Waals surface area contributed by atoms with Gasteiger partial charge in [-0.05, 0) is 61.8 Å². The second-order valence-corrected chi connectivity index (χ2v) is 8.42. The van der Waals surface area contributed by atoms with Crippen LogP contribution in [-0.2, 0) is 30.3 Å². The first kappa shape index (κ1) is 23.5. The maximum absolute atomic E-state index is 12.9. The van der Waals surface area contributed by atoms with Gasteiger partial charge < -0.3 is 9.47 Å². The Bertz CT molecular complexity index is 909. The lowest BCUT2D eigenvalue weighted by Crippen LogP contribution is -2.37. The summed E-state index contributed by atoms with van der Waals surface area (Å²) in [6.45, 7) is 10.0. The van der Waals surface area contributed by atoms with Gasteiger partial charge in [-0.1, -0.05) is 26.0 Å². The van der Waals surface area contributed by atoms with Crippen LogP contribution >= 0.6 is 0 Å². The van der Waals surface area contributed by atoms with Crippen LogP contribution in [0.5, 0.6) is 0 Å². The second-order valence-electron chi connectivity index (χ2n) is 8.42. The summed E-state index contributed by atoms with van der Waals surface area (Å²) >= 11 is 0. The van der Waals surface area contributed by atoms with Crippen molar-refractivity contribution in [1.29, 1.82) is 0 Å². The monoisotopic (exact) mass is 414 g/mol. The quantitative estimate of drug-likeness (QED) is 0.472. The van der Waals surface area contributed by atoms with Gasteiger partial charge in [0, 0.05) is 25.0 Å². The molecule has 0 saturated carbocycles. The number of carbonyl (C=O) groups is 4. The molecule has 1 aromatic carbocycles. The molecule has 0 saturated heterocycles. The zero-order valence-electron chi connectivity index (χ0n) is 18.6. The SMILES string of the molecule is CC(=O)OCC(C)(CCCc1c(C)ccc2c1C(=O)C(=O)C(C(C)C)=C2)OC(C)=O. The number of carbonyl (C=O) groups excluding carboxylic acids is 4. The van der Waals surface area contributed by atoms with E-state index in [1.807, 2.05) is 39.0 Å². The molecule has 1 aromatic rings. The summed E-state index contributed by atoms with van der Waals surface area (Å²) < 4.78 is 10.5. The van der Waals surface area contributed by atoms with Gasteiger partial charge in [0.05, 0.1) is 0 Å². The topological polar surface area (TPSA) is 86.7 Å². The van der Waals surface area contributed by atoms with Gasteiger partial charge in [0.1, 0.15) is 12.2 Å². The molecule has 1 aliphatic carbocycles. The molecule has 0 heterocycles. The third kappa shape index (κ3) is 5.43. The van der Waals surface area contributed by atoms with E-state index < -0.39 is 29.1 Å². The zero-order chi connectivity index (χ0) is 22.6. The van der Waals surface area contributed by atoms with Crippen molar-refractivity contribution in [2.45, 2.75) is 66.4 Å². The minimum absolute atomic E-state index is 0.0231. The van der Waals surface area contributed by atoms with Crippen LogP contribution in [0.1, 0.15) is 74.5 Å². The smallest absolute Gasteiger partial charge is 0.303 e. The molecular formula is C24H30O6. The molecule has 2 rings (SSSR count). The number of ketones is 2. The van der Waals surface area contributed by atoms with Gasteiger partial charge >= 0.3 is 11.9 Å². The fourth-order valence-corrected chi connectivity index (χ4v) is 3.78. The number of ether oxygens (including phenoxy) is 2. The van der Waals surface area contributed by atoms with E-state index in [1.165, 1.54) is 13.8 Å². The van der Waals surface area contributed by atoms with Gasteiger partial charge in [0.25, 0.3) is 0 Å². The normalized spacial score (nSPS) is 15.4. The molecule has 0 spiro atoms. The predicted octanol–water partition coefficient (Wildman–Crippen LogP) is 4.01. The highest BCUT2D eigenvalue weighted by Gasteiger charge is 2.32. The Balaban J connectivity index is 2.26. The first-order chi connectivity index (χ1) is 13.9. The lowest BCUT2D eigenvalue weighted by Gasteiger charge is -2.29. The molecule has 0 amide bonds. The molecule has 1 aliphatic rings. The van der Waals surface area contributed by atoms with Gasteiger partial charge in [0.2, 0.25) is 11.6 Å². The number of allylic oxidation sites excluding steroid dienone is 1. The summed E-state index contributed by atoms with van der Waals surface area (Å²) in [4.78, 5) is 48.1. The van der Waals surface area contributed by atoms with Crippen molar-refractivity contribution in [2.24, 2.45) is 5.92 Å². The fourth-order valence-electron chi connectivity index (χ4n) is 3.78. The van der Waals surface area contributed by atoms with E-state index in [0.717, 1.165) is 16.7 Å². The van der Waals surface area contributed by atoms with Gasteiger partial charge in [0.15, 0.2) is 0 Å². The van der Waals surface area contributed by atoms with E-state index in [1.54, 1.807) is 6.92 Å². The third-order valence-electron chi connectivity index (χ3n) is 5.31. The van der Waals surface area contributed by atoms with E-state index in [-0.39, 0.29) is 12.5 Å². The number of fused-ring (bicyclic) bond motifs is 1. The van der Waals surface area contributed by atoms with Crippen molar-refractivity contribution in [3.63, 3.8) is 0 Å². The standard InChI is InChI=1S/C24H30O6/c1-14(2)20-12-18-10-9-15(3)19(21(18)23(28)22(20)27)8-7-11-24(6,30-17(5)26)13-29-16(4)25/h9-10,12,14H,7-8,11,13H2,1-6H3. The molecule has 1 atom stereocenters. The Morgan fingerprint density at radius 1 is 1.07 bits per heavy atom. The van der Waals surface area contributed by atoms with Crippen LogP contribution in [0, 0.1) is 12.8 Å². The molecule has 0 bridgehead atoms. The van der Waals surface area contributed by atoms with Gasteiger partial charge in [-0.15, -0.1) is 0 Å². The lowest BCUT2D eigenvalue weighted by molar-refractivity contribution is -0.168. The van der Waals surface area contributed by atoms with Gasteiger partial charge in [-0.2, -0.15) is 0 Å². The lowest BCUT2D eigenvalue weighted by atomic mass is 9.80. The maximum Gasteiger partial charge on any atom is 0.303 e. The molecule has 0 aliphatic heterocycles. The Morgan fingerprint density at radius 2 is 1.73 bits per heavy atom. The van der Waals surface area contributed by atoms with Crippen molar-refractivity contribution in [2.75, 3.05) is 6.61 Å². The summed E-state index contributed by atoms with van der Waals surface area (Å²) in [7, 11) is 0. The van der Waals surface area contributed by atoms with Crippen molar-refractivity contribution < 1.29 is 28.7 Å². The van der Waals surface area contributed by atoms with Gasteiger partial charge in [-0.25, -0.2) is 0 Å². The molecule has 6 nitrogen and oxygen atoms in total. The van der Waals surface area contributed by atoms with E-state index in [4.69, 9.17) is 9.47 Å². The van der Waals surface area contributed by atoms with Crippen molar-refractivity contribution in [1.82, 2.24) is 0 Å². The molecule has 0 aromatic heterocycles. The molecule has 30 heavy (non-hydrogen) atoms. The summed E-state index contributed by atoms with van der Waals surface area (Å²) in [5.41, 5.74) is 2.59. The van der Waals surface area contributed by atoms with Crippen molar-refractivity contribution in [3.05, 3.63) is 40.0 Å². The van der Waals surface area contributed by atoms with Crippen LogP contribution in [-0.4, -0.2) is 35.7 Å². The summed E-state index contributed by atoms with van der Waals surface area (Å²) in [5.74, 6) is -1.82. The highest BCUT2D eigenvalue weighted by molar-refractivity contribution is 6.52. The number of hydrogen-bond donors (Lipinski definition) is 0. The van der Waals surface area contributed by atoms with Crippen LogP contribution in [0.3, 0.4) is 0 Å². The Kier molecular flexibility index (Phi) is 7.34. The van der Waals surface area contributed by atoms with Crippen LogP contribution in [0.15, 0.2) is 17.7 Å². The average molecular weight is 414 g/mol. The molecule has 162 valence electrons. The Morgan fingerprint density at radius 3 is 2.30 bits per heavy atom. The third-order valence-corrected chi connectivity index (χ3v) is 5.31. The Labute approximate surface area is 177 Å². The second kappa shape index (κ2) is 9.37. The van der Waals surface area contributed by atoms with E-state index in [0.29, 0.717) is 30.4 Å². The number of aryl methyl sites for hydroxylation is 1. The van der Waals surface area contributed by atoms with Crippen molar-refractivity contribution in [3.8, 4) is 0 Å². The molecule has 6 heteroatoms. The number of rotatable bonds is 8. The summed E-state index contributed by atoms with van der Waals surface area (Å²) in [5, 5.41) is 0. The fraction of sp³-hybridized carbons (Fsp3) is 0.500. The highest BCUT2D eigenvalue weighted by atomic mass is 16.6. The van der Waals surface area contributed by atoms with Crippen molar-refractivity contribution >= 4 is 29.6 Å². The molecule has 0 fully saturated rings. The Hall–Kier alpha value is -2.76. The molecular weight excluding hydrogens is 384 g/mol. The number of Topliss-reactive ketones (excluding diaryl/α,β-unsaturated/α-hetero) is 2. The van der Waals surface area contributed by atoms with Crippen LogP contribution in [0.25, 0.3) is 6.08 Å². The first-order valence-electron chi connectivity index (χ1n) is 10.2. The molecule has 0 N–H and O–H groups in total. The average Bonchev–Trinajstić information content (AvgIpc) is 2.64. The largest absolute Gasteiger partial charge is 0.462 e. The van der Waals surface area contributed by atoms with E-state index >= 15 is 0 Å². The van der Waals surface area contributed by atoms with Crippen LogP contribution < -0.4 is 0 Å². The number of hydrogen-bond acceptors (Lipinski definition) is 6.